The van der Waals surface area contributed by atoms with E-state index in [0.717, 1.165) is 22.7 Å². The summed E-state index contributed by atoms with van der Waals surface area (Å²) in [6.07, 6.45) is 3.02. The van der Waals surface area contributed by atoms with Gasteiger partial charge in [-0.25, -0.2) is 4.79 Å². The Hall–Kier alpha value is -4.20. The van der Waals surface area contributed by atoms with E-state index in [1.807, 2.05) is 41.0 Å². The Balaban J connectivity index is 1.54. The van der Waals surface area contributed by atoms with Gasteiger partial charge in [-0.2, -0.15) is 0 Å². The lowest BCUT2D eigenvalue weighted by atomic mass is 10.1. The quantitative estimate of drug-likeness (QED) is 0.324. The van der Waals surface area contributed by atoms with Gasteiger partial charge in [0.05, 0.1) is 24.3 Å². The summed E-state index contributed by atoms with van der Waals surface area (Å²) in [5.41, 5.74) is 3.16. The second-order valence-corrected chi connectivity index (χ2v) is 7.55. The van der Waals surface area contributed by atoms with Gasteiger partial charge in [0.2, 0.25) is 0 Å². The fraction of sp³-hybridized carbons (Fsp3) is 0.200. The summed E-state index contributed by atoms with van der Waals surface area (Å²) in [4.78, 5) is 48.2. The number of amides is 1. The third-order valence-corrected chi connectivity index (χ3v) is 5.21. The number of cyclic esters (lactones) is 1. The van der Waals surface area contributed by atoms with Crippen LogP contribution in [0.3, 0.4) is 0 Å². The summed E-state index contributed by atoms with van der Waals surface area (Å²) in [5, 5.41) is 3.10. The summed E-state index contributed by atoms with van der Waals surface area (Å²) in [6, 6.07) is 14.9. The van der Waals surface area contributed by atoms with E-state index in [4.69, 9.17) is 9.47 Å². The minimum Gasteiger partial charge on any atom is -0.466 e. The van der Waals surface area contributed by atoms with Gasteiger partial charge in [-0.3, -0.25) is 14.4 Å². The molecule has 3 aromatic rings. The highest BCUT2D eigenvalue weighted by Crippen LogP contribution is 2.23. The number of Topliss-reactive ketones (excluding diaryl/α,β-unsaturated/α-hetero) is 1. The van der Waals surface area contributed by atoms with E-state index in [0.29, 0.717) is 18.5 Å². The third-order valence-electron chi connectivity index (χ3n) is 5.21. The molecular weight excluding hydrogens is 424 g/mol. The smallest absolute Gasteiger partial charge is 0.333 e. The van der Waals surface area contributed by atoms with Crippen LogP contribution in [0.25, 0.3) is 10.9 Å². The number of nitrogens with zero attached hydrogens (tertiary/aromatic N) is 1. The molecule has 8 nitrogen and oxygen atoms in total. The third kappa shape index (κ3) is 5.01. The average molecular weight is 446 g/mol. The molecule has 1 aliphatic rings. The first-order chi connectivity index (χ1) is 15.9. The van der Waals surface area contributed by atoms with Crippen molar-refractivity contribution in [3.63, 3.8) is 0 Å². The molecule has 33 heavy (non-hydrogen) atoms. The van der Waals surface area contributed by atoms with E-state index in [9.17, 15) is 19.2 Å². The molecule has 0 aliphatic carbocycles. The Morgan fingerprint density at radius 2 is 1.79 bits per heavy atom. The molecule has 4 rings (SSSR count). The highest BCUT2D eigenvalue weighted by atomic mass is 16.5. The van der Waals surface area contributed by atoms with Gasteiger partial charge in [-0.15, -0.1) is 0 Å². The number of nitrogens with one attached hydrogen (secondary N) is 1. The summed E-state index contributed by atoms with van der Waals surface area (Å²) < 4.78 is 11.6. The summed E-state index contributed by atoms with van der Waals surface area (Å²) in [5.74, 6) is -2.35. The molecule has 168 valence electrons. The van der Waals surface area contributed by atoms with Gasteiger partial charge in [0, 0.05) is 29.7 Å². The number of hydrogen-bond donors (Lipinski definition) is 1. The van der Waals surface area contributed by atoms with Crippen LogP contribution < -0.4 is 5.32 Å². The van der Waals surface area contributed by atoms with Crippen molar-refractivity contribution >= 4 is 34.5 Å². The van der Waals surface area contributed by atoms with Crippen molar-refractivity contribution in [2.24, 2.45) is 0 Å². The van der Waals surface area contributed by atoms with E-state index < -0.39 is 17.7 Å². The summed E-state index contributed by atoms with van der Waals surface area (Å²) in [7, 11) is 0. The number of esters is 2. The standard InChI is InChI=1S/C25H22N2O6/c1-2-32-22(28)11-16-7-9-17(10-8-16)13-27-14-20(19-5-3-4-6-21(19)27)24(30)25(31)26-18-12-23(29)33-15-18/h3-10,12,14H,2,11,13,15H2,1H3,(H,26,31). The normalized spacial score (nSPS) is 12.9. The topological polar surface area (TPSA) is 104 Å². The number of rotatable bonds is 8. The Kier molecular flexibility index (Phi) is 6.35. The molecule has 0 saturated carbocycles. The van der Waals surface area contributed by atoms with Crippen LogP contribution >= 0.6 is 0 Å². The largest absolute Gasteiger partial charge is 0.466 e. The fourth-order valence-corrected chi connectivity index (χ4v) is 3.67. The molecule has 2 heterocycles. The van der Waals surface area contributed by atoms with Crippen LogP contribution in [0, 0.1) is 0 Å². The van der Waals surface area contributed by atoms with Crippen LogP contribution in [0.1, 0.15) is 28.4 Å². The predicted octanol–water partition coefficient (Wildman–Crippen LogP) is 2.53. The summed E-state index contributed by atoms with van der Waals surface area (Å²) >= 11 is 0. The van der Waals surface area contributed by atoms with Crippen LogP contribution in [-0.4, -0.2) is 41.4 Å². The number of benzene rings is 2. The van der Waals surface area contributed by atoms with Crippen LogP contribution in [-0.2, 0) is 36.8 Å². The van der Waals surface area contributed by atoms with Crippen LogP contribution in [0.15, 0.2) is 66.5 Å². The Morgan fingerprint density at radius 3 is 2.48 bits per heavy atom. The maximum Gasteiger partial charge on any atom is 0.333 e. The van der Waals surface area contributed by atoms with Gasteiger partial charge in [0.1, 0.15) is 6.61 Å². The van der Waals surface area contributed by atoms with Crippen molar-refractivity contribution in [2.75, 3.05) is 13.2 Å². The van der Waals surface area contributed by atoms with Crippen molar-refractivity contribution in [1.82, 2.24) is 9.88 Å². The number of ketones is 1. The van der Waals surface area contributed by atoms with Gasteiger partial charge in [0.15, 0.2) is 0 Å². The van der Waals surface area contributed by atoms with Crippen molar-refractivity contribution < 1.29 is 28.7 Å². The van der Waals surface area contributed by atoms with E-state index in [2.05, 4.69) is 5.32 Å². The van der Waals surface area contributed by atoms with Gasteiger partial charge in [-0.05, 0) is 24.1 Å². The van der Waals surface area contributed by atoms with E-state index in [-0.39, 0.29) is 30.3 Å². The number of carbonyl (C=O) groups is 4. The summed E-state index contributed by atoms with van der Waals surface area (Å²) in [6.45, 7) is 2.53. The van der Waals surface area contributed by atoms with E-state index in [1.165, 1.54) is 0 Å². The average Bonchev–Trinajstić information content (AvgIpc) is 3.38. The van der Waals surface area contributed by atoms with Crippen molar-refractivity contribution in [1.29, 1.82) is 0 Å². The molecule has 0 saturated heterocycles. The first-order valence-electron chi connectivity index (χ1n) is 10.5. The molecule has 1 amide bonds. The minimum atomic E-state index is -0.828. The molecule has 2 aromatic carbocycles. The number of ether oxygens (including phenoxy) is 2. The fourth-order valence-electron chi connectivity index (χ4n) is 3.67. The zero-order valence-electron chi connectivity index (χ0n) is 18.0. The van der Waals surface area contributed by atoms with Crippen molar-refractivity contribution in [2.45, 2.75) is 19.9 Å². The molecule has 0 spiro atoms. The Labute approximate surface area is 189 Å². The maximum absolute atomic E-state index is 12.9. The highest BCUT2D eigenvalue weighted by Gasteiger charge is 2.24. The zero-order valence-corrected chi connectivity index (χ0v) is 18.0. The first-order valence-corrected chi connectivity index (χ1v) is 10.5. The molecule has 0 atom stereocenters. The number of fused-ring (bicyclic) bond motifs is 1. The van der Waals surface area contributed by atoms with Crippen molar-refractivity contribution in [3.8, 4) is 0 Å². The lowest BCUT2D eigenvalue weighted by Gasteiger charge is -2.07. The van der Waals surface area contributed by atoms with Crippen molar-refractivity contribution in [3.05, 3.63) is 83.2 Å². The molecule has 0 unspecified atom stereocenters. The number of aromatic nitrogens is 1. The SMILES string of the molecule is CCOC(=O)Cc1ccc(Cn2cc(C(=O)C(=O)NC3=CC(=O)OC3)c3ccccc32)cc1. The molecule has 8 heteroatoms. The highest BCUT2D eigenvalue weighted by molar-refractivity contribution is 6.45. The van der Waals surface area contributed by atoms with Crippen LogP contribution in [0.2, 0.25) is 0 Å². The minimum absolute atomic E-state index is 0.0637. The number of carbonyl (C=O) groups excluding carboxylic acids is 4. The van der Waals surface area contributed by atoms with Gasteiger partial charge >= 0.3 is 11.9 Å². The first kappa shape index (κ1) is 22.0. The molecule has 1 aliphatic heterocycles. The molecule has 1 N–H and O–H groups in total. The van der Waals surface area contributed by atoms with E-state index >= 15 is 0 Å². The lowest BCUT2D eigenvalue weighted by Crippen LogP contribution is -2.31. The predicted molar refractivity (Wildman–Crippen MR) is 119 cm³/mol. The van der Waals surface area contributed by atoms with Crippen LogP contribution in [0.4, 0.5) is 0 Å². The van der Waals surface area contributed by atoms with Crippen LogP contribution in [0.5, 0.6) is 0 Å². The monoisotopic (exact) mass is 446 g/mol. The van der Waals surface area contributed by atoms with Gasteiger partial charge in [-0.1, -0.05) is 42.5 Å². The molecule has 1 aromatic heterocycles. The second kappa shape index (κ2) is 9.52. The number of para-hydroxylation sites is 1. The zero-order chi connectivity index (χ0) is 23.4. The number of hydrogen-bond acceptors (Lipinski definition) is 6. The Bertz CT molecular complexity index is 1270. The lowest BCUT2D eigenvalue weighted by molar-refractivity contribution is -0.142. The van der Waals surface area contributed by atoms with E-state index in [1.54, 1.807) is 25.3 Å². The maximum atomic E-state index is 12.9. The molecule has 0 bridgehead atoms. The Morgan fingerprint density at radius 1 is 1.06 bits per heavy atom. The van der Waals surface area contributed by atoms with Gasteiger partial charge in [0.25, 0.3) is 11.7 Å². The molecular formula is C25H22N2O6. The molecule has 0 radical (unpaired) electrons. The molecule has 0 fully saturated rings. The van der Waals surface area contributed by atoms with Gasteiger partial charge < -0.3 is 19.4 Å². The second-order valence-electron chi connectivity index (χ2n) is 7.55.